The summed E-state index contributed by atoms with van der Waals surface area (Å²) in [7, 11) is 0. The average Bonchev–Trinajstić information content (AvgIpc) is 2.38. The number of aryl methyl sites for hydroxylation is 1. The molecule has 0 saturated heterocycles. The molecule has 112 valence electrons. The quantitative estimate of drug-likeness (QED) is 0.802. The summed E-state index contributed by atoms with van der Waals surface area (Å²) >= 11 is 3.07. The zero-order valence-electron chi connectivity index (χ0n) is 11.2. The first-order valence-corrected chi connectivity index (χ1v) is 6.97. The fourth-order valence-corrected chi connectivity index (χ4v) is 2.30. The molecule has 2 rings (SSSR count). The van der Waals surface area contributed by atoms with Gasteiger partial charge in [0.15, 0.2) is 0 Å². The summed E-state index contributed by atoms with van der Waals surface area (Å²) in [5.41, 5.74) is 2.96. The molecular weight excluding hydrogens is 347 g/mol. The molecular formula is C15H13BrF3NO. The second kappa shape index (κ2) is 6.39. The Balaban J connectivity index is 2.03. The molecule has 0 aliphatic rings. The highest BCUT2D eigenvalue weighted by atomic mass is 79.9. The highest BCUT2D eigenvalue weighted by molar-refractivity contribution is 9.10. The third-order valence-corrected chi connectivity index (χ3v) is 3.36. The van der Waals surface area contributed by atoms with Crippen LogP contribution in [0.2, 0.25) is 0 Å². The number of nitrogens with one attached hydrogen (secondary N) is 1. The SMILES string of the molecule is Cc1cccc(CNc2ccc(OC(F)(F)F)c(Br)c2)c1. The molecule has 0 aromatic heterocycles. The van der Waals surface area contributed by atoms with Crippen LogP contribution in [0.4, 0.5) is 18.9 Å². The topological polar surface area (TPSA) is 21.3 Å². The van der Waals surface area contributed by atoms with Crippen LogP contribution in [-0.2, 0) is 6.54 Å². The van der Waals surface area contributed by atoms with Gasteiger partial charge in [0.2, 0.25) is 0 Å². The molecule has 0 unspecified atom stereocenters. The van der Waals surface area contributed by atoms with Crippen molar-refractivity contribution in [2.24, 2.45) is 0 Å². The Bertz CT molecular complexity index is 629. The van der Waals surface area contributed by atoms with Crippen LogP contribution in [0, 0.1) is 6.92 Å². The smallest absolute Gasteiger partial charge is 0.405 e. The van der Waals surface area contributed by atoms with E-state index in [9.17, 15) is 13.2 Å². The molecule has 2 aromatic rings. The van der Waals surface area contributed by atoms with Crippen molar-refractivity contribution in [1.82, 2.24) is 0 Å². The van der Waals surface area contributed by atoms with Gasteiger partial charge in [-0.15, -0.1) is 13.2 Å². The molecule has 0 fully saturated rings. The fourth-order valence-electron chi connectivity index (χ4n) is 1.84. The summed E-state index contributed by atoms with van der Waals surface area (Å²) < 4.78 is 40.6. The lowest BCUT2D eigenvalue weighted by molar-refractivity contribution is -0.274. The Morgan fingerprint density at radius 3 is 2.52 bits per heavy atom. The van der Waals surface area contributed by atoms with Gasteiger partial charge in [0.1, 0.15) is 5.75 Å². The van der Waals surface area contributed by atoms with Crippen LogP contribution in [0.3, 0.4) is 0 Å². The molecule has 2 aromatic carbocycles. The van der Waals surface area contributed by atoms with E-state index in [1.807, 2.05) is 31.2 Å². The molecule has 0 atom stereocenters. The molecule has 0 aliphatic heterocycles. The summed E-state index contributed by atoms with van der Waals surface area (Å²) in [4.78, 5) is 0. The molecule has 21 heavy (non-hydrogen) atoms. The van der Waals surface area contributed by atoms with Gasteiger partial charge in [0.25, 0.3) is 0 Å². The van der Waals surface area contributed by atoms with E-state index in [1.165, 1.54) is 6.07 Å². The first kappa shape index (κ1) is 15.7. The lowest BCUT2D eigenvalue weighted by Crippen LogP contribution is -2.17. The van der Waals surface area contributed by atoms with Gasteiger partial charge >= 0.3 is 6.36 Å². The monoisotopic (exact) mass is 359 g/mol. The number of halogens is 4. The predicted octanol–water partition coefficient (Wildman–Crippen LogP) is 5.27. The second-order valence-electron chi connectivity index (χ2n) is 4.54. The van der Waals surface area contributed by atoms with Crippen LogP contribution in [0.15, 0.2) is 46.9 Å². The molecule has 2 nitrogen and oxygen atoms in total. The molecule has 0 aliphatic carbocycles. The van der Waals surface area contributed by atoms with Crippen molar-refractivity contribution in [3.8, 4) is 5.75 Å². The largest absolute Gasteiger partial charge is 0.573 e. The maximum atomic E-state index is 12.2. The molecule has 0 bridgehead atoms. The molecule has 1 N–H and O–H groups in total. The highest BCUT2D eigenvalue weighted by Gasteiger charge is 2.31. The van der Waals surface area contributed by atoms with E-state index in [4.69, 9.17) is 0 Å². The number of hydrogen-bond acceptors (Lipinski definition) is 2. The number of benzene rings is 2. The van der Waals surface area contributed by atoms with Gasteiger partial charge < -0.3 is 10.1 Å². The van der Waals surface area contributed by atoms with E-state index in [0.717, 1.165) is 11.1 Å². The van der Waals surface area contributed by atoms with Gasteiger partial charge in [-0.3, -0.25) is 0 Å². The minimum atomic E-state index is -4.70. The van der Waals surface area contributed by atoms with Crippen LogP contribution >= 0.6 is 15.9 Å². The van der Waals surface area contributed by atoms with Crippen LogP contribution in [0.1, 0.15) is 11.1 Å². The molecule has 0 amide bonds. The third kappa shape index (κ3) is 4.97. The zero-order chi connectivity index (χ0) is 15.5. The summed E-state index contributed by atoms with van der Waals surface area (Å²) in [5, 5.41) is 3.15. The minimum absolute atomic E-state index is 0.245. The minimum Gasteiger partial charge on any atom is -0.405 e. The predicted molar refractivity (Wildman–Crippen MR) is 79.3 cm³/mol. The van der Waals surface area contributed by atoms with E-state index >= 15 is 0 Å². The van der Waals surface area contributed by atoms with Crippen molar-refractivity contribution >= 4 is 21.6 Å². The van der Waals surface area contributed by atoms with E-state index in [1.54, 1.807) is 12.1 Å². The fraction of sp³-hybridized carbons (Fsp3) is 0.200. The number of anilines is 1. The maximum Gasteiger partial charge on any atom is 0.573 e. The van der Waals surface area contributed by atoms with Gasteiger partial charge in [-0.1, -0.05) is 29.8 Å². The van der Waals surface area contributed by atoms with Crippen LogP contribution in [-0.4, -0.2) is 6.36 Å². The Labute approximate surface area is 129 Å². The lowest BCUT2D eigenvalue weighted by Gasteiger charge is -2.12. The first-order chi connectivity index (χ1) is 9.83. The number of hydrogen-bond donors (Lipinski definition) is 1. The Kier molecular flexibility index (Phi) is 4.77. The lowest BCUT2D eigenvalue weighted by atomic mass is 10.1. The van der Waals surface area contributed by atoms with Crippen molar-refractivity contribution in [1.29, 1.82) is 0 Å². The molecule has 0 heterocycles. The zero-order valence-corrected chi connectivity index (χ0v) is 12.8. The van der Waals surface area contributed by atoms with Gasteiger partial charge in [0, 0.05) is 12.2 Å². The number of rotatable bonds is 4. The molecule has 0 spiro atoms. The highest BCUT2D eigenvalue weighted by Crippen LogP contribution is 2.32. The van der Waals surface area contributed by atoms with E-state index in [-0.39, 0.29) is 10.2 Å². The summed E-state index contributed by atoms with van der Waals surface area (Å²) in [6.07, 6.45) is -4.70. The second-order valence-corrected chi connectivity index (χ2v) is 5.39. The van der Waals surface area contributed by atoms with Gasteiger partial charge in [-0.2, -0.15) is 0 Å². The van der Waals surface area contributed by atoms with Crippen molar-refractivity contribution in [2.75, 3.05) is 5.32 Å². The average molecular weight is 360 g/mol. The van der Waals surface area contributed by atoms with E-state index in [2.05, 4.69) is 26.0 Å². The van der Waals surface area contributed by atoms with Gasteiger partial charge in [-0.25, -0.2) is 0 Å². The standard InChI is InChI=1S/C15H13BrF3NO/c1-10-3-2-4-11(7-10)9-20-12-5-6-14(13(16)8-12)21-15(17,18)19/h2-8,20H,9H2,1H3. The van der Waals surface area contributed by atoms with Crippen LogP contribution in [0.25, 0.3) is 0 Å². The summed E-state index contributed by atoms with van der Waals surface area (Å²) in [6, 6.07) is 12.4. The third-order valence-electron chi connectivity index (χ3n) is 2.74. The van der Waals surface area contributed by atoms with Gasteiger partial charge in [0.05, 0.1) is 4.47 Å². The summed E-state index contributed by atoms with van der Waals surface area (Å²) in [5.74, 6) is -0.261. The Morgan fingerprint density at radius 1 is 1.14 bits per heavy atom. The Hall–Kier alpha value is -1.69. The molecule has 0 radical (unpaired) electrons. The van der Waals surface area contributed by atoms with Crippen molar-refractivity contribution < 1.29 is 17.9 Å². The van der Waals surface area contributed by atoms with E-state index < -0.39 is 6.36 Å². The van der Waals surface area contributed by atoms with Crippen LogP contribution in [0.5, 0.6) is 5.75 Å². The summed E-state index contributed by atoms with van der Waals surface area (Å²) in [6.45, 7) is 2.59. The number of ether oxygens (including phenoxy) is 1. The van der Waals surface area contributed by atoms with Crippen molar-refractivity contribution in [2.45, 2.75) is 19.8 Å². The van der Waals surface area contributed by atoms with Crippen molar-refractivity contribution in [3.05, 3.63) is 58.1 Å². The maximum absolute atomic E-state index is 12.2. The Morgan fingerprint density at radius 2 is 1.90 bits per heavy atom. The molecule has 0 saturated carbocycles. The molecule has 6 heteroatoms. The van der Waals surface area contributed by atoms with Crippen LogP contribution < -0.4 is 10.1 Å². The first-order valence-electron chi connectivity index (χ1n) is 6.18. The van der Waals surface area contributed by atoms with Crippen molar-refractivity contribution in [3.63, 3.8) is 0 Å². The number of alkyl halides is 3. The van der Waals surface area contributed by atoms with Gasteiger partial charge in [-0.05, 0) is 46.6 Å². The normalized spacial score (nSPS) is 11.3. The van der Waals surface area contributed by atoms with E-state index in [0.29, 0.717) is 12.2 Å².